The Balaban J connectivity index is 0.000000612. The molecule has 0 saturated carbocycles. The van der Waals surface area contributed by atoms with Crippen molar-refractivity contribution < 1.29 is 33.0 Å². The Kier molecular flexibility index (Phi) is 8.59. The van der Waals surface area contributed by atoms with Crippen LogP contribution in [-0.2, 0) is 24.4 Å². The molecule has 1 saturated heterocycles. The number of amides is 1. The van der Waals surface area contributed by atoms with Gasteiger partial charge in [-0.15, -0.1) is 0 Å². The molecule has 1 aliphatic heterocycles. The van der Waals surface area contributed by atoms with E-state index in [1.165, 1.54) is 4.31 Å². The number of carbonyl (C=O) groups excluding carboxylic acids is 1. The number of anilines is 1. The number of hydrogen-bond donors (Lipinski definition) is 2. The SMILES string of the molecule is Cc1ccc(N(CC(=O)N2CCN(C)CC2)S(C)(=O)=O)cc1C.O=C(O)C(=O)O. The summed E-state index contributed by atoms with van der Waals surface area (Å²) >= 11 is 0. The average molecular weight is 429 g/mol. The number of carbonyl (C=O) groups is 3. The summed E-state index contributed by atoms with van der Waals surface area (Å²) < 4.78 is 25.5. The summed E-state index contributed by atoms with van der Waals surface area (Å²) in [5.74, 6) is -3.80. The summed E-state index contributed by atoms with van der Waals surface area (Å²) in [7, 11) is -1.50. The Morgan fingerprint density at radius 2 is 1.52 bits per heavy atom. The Hall–Kier alpha value is -2.66. The highest BCUT2D eigenvalue weighted by Gasteiger charge is 2.26. The van der Waals surface area contributed by atoms with Crippen molar-refractivity contribution in [1.29, 1.82) is 0 Å². The summed E-state index contributed by atoms with van der Waals surface area (Å²) in [5, 5.41) is 14.8. The Morgan fingerprint density at radius 1 is 1.00 bits per heavy atom. The van der Waals surface area contributed by atoms with Crippen molar-refractivity contribution in [2.45, 2.75) is 13.8 Å². The molecule has 162 valence electrons. The molecule has 1 fully saturated rings. The molecule has 0 unspecified atom stereocenters. The number of piperazine rings is 1. The van der Waals surface area contributed by atoms with Crippen molar-refractivity contribution in [3.8, 4) is 0 Å². The van der Waals surface area contributed by atoms with E-state index in [0.717, 1.165) is 30.5 Å². The second-order valence-corrected chi connectivity index (χ2v) is 8.74. The molecule has 29 heavy (non-hydrogen) atoms. The second-order valence-electron chi connectivity index (χ2n) is 6.83. The lowest BCUT2D eigenvalue weighted by Crippen LogP contribution is -2.50. The van der Waals surface area contributed by atoms with Crippen LogP contribution in [0.2, 0.25) is 0 Å². The monoisotopic (exact) mass is 429 g/mol. The predicted molar refractivity (Wildman–Crippen MR) is 107 cm³/mol. The van der Waals surface area contributed by atoms with Gasteiger partial charge in [0.25, 0.3) is 0 Å². The van der Waals surface area contributed by atoms with Crippen LogP contribution in [0.5, 0.6) is 0 Å². The molecule has 0 bridgehead atoms. The molecule has 0 aliphatic carbocycles. The van der Waals surface area contributed by atoms with Crippen LogP contribution < -0.4 is 4.31 Å². The van der Waals surface area contributed by atoms with Gasteiger partial charge in [-0.05, 0) is 44.2 Å². The van der Waals surface area contributed by atoms with Gasteiger partial charge in [-0.1, -0.05) is 6.07 Å². The standard InChI is InChI=1S/C16H25N3O3S.C2H2O4/c1-13-5-6-15(11-14(13)2)19(23(4,21)22)12-16(20)18-9-7-17(3)8-10-18;3-1(4)2(5)6/h5-6,11H,7-10,12H2,1-4H3;(H,3,4)(H,5,6). The van der Waals surface area contributed by atoms with Gasteiger partial charge in [0.2, 0.25) is 15.9 Å². The number of carboxylic acid groups (broad SMARTS) is 2. The van der Waals surface area contributed by atoms with Crippen molar-refractivity contribution >= 4 is 33.6 Å². The van der Waals surface area contributed by atoms with Gasteiger partial charge in [-0.25, -0.2) is 18.0 Å². The smallest absolute Gasteiger partial charge is 0.414 e. The normalized spacial score (nSPS) is 14.6. The minimum absolute atomic E-state index is 0.148. The highest BCUT2D eigenvalue weighted by molar-refractivity contribution is 7.92. The van der Waals surface area contributed by atoms with E-state index < -0.39 is 22.0 Å². The molecule has 11 heteroatoms. The van der Waals surface area contributed by atoms with Crippen molar-refractivity contribution in [2.75, 3.05) is 50.3 Å². The van der Waals surface area contributed by atoms with E-state index in [-0.39, 0.29) is 12.5 Å². The molecule has 1 aromatic rings. The number of likely N-dealkylation sites (N-methyl/N-ethyl adjacent to an activating group) is 1. The third-order valence-electron chi connectivity index (χ3n) is 4.50. The maximum Gasteiger partial charge on any atom is 0.414 e. The molecule has 1 amide bonds. The van der Waals surface area contributed by atoms with Crippen LogP contribution >= 0.6 is 0 Å². The van der Waals surface area contributed by atoms with Crippen molar-refractivity contribution in [3.05, 3.63) is 29.3 Å². The zero-order valence-electron chi connectivity index (χ0n) is 17.0. The molecule has 1 heterocycles. The van der Waals surface area contributed by atoms with Crippen LogP contribution in [0.3, 0.4) is 0 Å². The summed E-state index contributed by atoms with van der Waals surface area (Å²) in [6.07, 6.45) is 1.14. The van der Waals surface area contributed by atoms with Gasteiger partial charge in [0, 0.05) is 26.2 Å². The first-order valence-electron chi connectivity index (χ1n) is 8.80. The molecule has 10 nitrogen and oxygen atoms in total. The molecule has 2 N–H and O–H groups in total. The third kappa shape index (κ3) is 7.70. The summed E-state index contributed by atoms with van der Waals surface area (Å²) in [4.78, 5) is 34.6. The first-order valence-corrected chi connectivity index (χ1v) is 10.6. The Morgan fingerprint density at radius 3 is 1.93 bits per heavy atom. The van der Waals surface area contributed by atoms with Gasteiger partial charge < -0.3 is 20.0 Å². The lowest BCUT2D eigenvalue weighted by Gasteiger charge is -2.34. The maximum atomic E-state index is 12.5. The van der Waals surface area contributed by atoms with E-state index in [0.29, 0.717) is 18.8 Å². The first kappa shape index (κ1) is 24.4. The zero-order valence-corrected chi connectivity index (χ0v) is 17.8. The van der Waals surface area contributed by atoms with Crippen LogP contribution in [-0.4, -0.2) is 92.3 Å². The summed E-state index contributed by atoms with van der Waals surface area (Å²) in [6.45, 7) is 6.66. The number of aryl methyl sites for hydroxylation is 2. The number of sulfonamides is 1. The van der Waals surface area contributed by atoms with E-state index in [1.807, 2.05) is 33.0 Å². The lowest BCUT2D eigenvalue weighted by molar-refractivity contribution is -0.159. The van der Waals surface area contributed by atoms with Gasteiger partial charge in [0.15, 0.2) is 0 Å². The van der Waals surface area contributed by atoms with Crippen LogP contribution in [0.25, 0.3) is 0 Å². The topological polar surface area (TPSA) is 136 Å². The molecule has 0 radical (unpaired) electrons. The maximum absolute atomic E-state index is 12.5. The molecular formula is C18H27N3O7S. The van der Waals surface area contributed by atoms with Gasteiger partial charge in [-0.2, -0.15) is 0 Å². The fraction of sp³-hybridized carbons (Fsp3) is 0.500. The van der Waals surface area contributed by atoms with Crippen LogP contribution in [0.4, 0.5) is 5.69 Å². The molecule has 1 aromatic carbocycles. The number of nitrogens with zero attached hydrogens (tertiary/aromatic N) is 3. The van der Waals surface area contributed by atoms with Crippen molar-refractivity contribution in [2.24, 2.45) is 0 Å². The minimum Gasteiger partial charge on any atom is -0.473 e. The minimum atomic E-state index is -3.52. The highest BCUT2D eigenvalue weighted by atomic mass is 32.2. The third-order valence-corrected chi connectivity index (χ3v) is 5.64. The fourth-order valence-electron chi connectivity index (χ4n) is 2.56. The Bertz CT molecular complexity index is 850. The predicted octanol–water partition coefficient (Wildman–Crippen LogP) is -0.000960. The highest BCUT2D eigenvalue weighted by Crippen LogP contribution is 2.21. The van der Waals surface area contributed by atoms with E-state index in [1.54, 1.807) is 11.0 Å². The van der Waals surface area contributed by atoms with E-state index in [9.17, 15) is 13.2 Å². The second kappa shape index (κ2) is 10.2. The summed E-state index contributed by atoms with van der Waals surface area (Å²) in [6, 6.07) is 5.44. The van der Waals surface area contributed by atoms with Gasteiger partial charge in [0.05, 0.1) is 11.9 Å². The number of aliphatic carboxylic acids is 2. The molecule has 0 atom stereocenters. The largest absolute Gasteiger partial charge is 0.473 e. The molecule has 1 aliphatic rings. The van der Waals surface area contributed by atoms with E-state index in [2.05, 4.69) is 4.90 Å². The fourth-order valence-corrected chi connectivity index (χ4v) is 3.40. The number of carboxylic acids is 2. The van der Waals surface area contributed by atoms with E-state index in [4.69, 9.17) is 19.8 Å². The van der Waals surface area contributed by atoms with E-state index >= 15 is 0 Å². The number of rotatable bonds is 4. The zero-order chi connectivity index (χ0) is 22.4. The lowest BCUT2D eigenvalue weighted by atomic mass is 10.1. The van der Waals surface area contributed by atoms with Gasteiger partial charge in [0.1, 0.15) is 6.54 Å². The molecule has 2 rings (SSSR count). The van der Waals surface area contributed by atoms with Crippen LogP contribution in [0.1, 0.15) is 11.1 Å². The summed E-state index contributed by atoms with van der Waals surface area (Å²) in [5.41, 5.74) is 2.63. The first-order chi connectivity index (χ1) is 13.3. The molecule has 0 aromatic heterocycles. The molecular weight excluding hydrogens is 402 g/mol. The van der Waals surface area contributed by atoms with Gasteiger partial charge >= 0.3 is 11.9 Å². The molecule has 0 spiro atoms. The Labute approximate surface area is 170 Å². The van der Waals surface area contributed by atoms with Crippen LogP contribution in [0, 0.1) is 13.8 Å². The average Bonchev–Trinajstić information content (AvgIpc) is 2.62. The number of hydrogen-bond acceptors (Lipinski definition) is 6. The van der Waals surface area contributed by atoms with Gasteiger partial charge in [-0.3, -0.25) is 9.10 Å². The quantitative estimate of drug-likeness (QED) is 0.639. The van der Waals surface area contributed by atoms with Crippen molar-refractivity contribution in [3.63, 3.8) is 0 Å². The van der Waals surface area contributed by atoms with Crippen LogP contribution in [0.15, 0.2) is 18.2 Å². The number of benzene rings is 1. The van der Waals surface area contributed by atoms with Crippen molar-refractivity contribution in [1.82, 2.24) is 9.80 Å².